The number of unbranched alkanes of at least 4 members (excludes halogenated alkanes) is 1. The zero-order valence-electron chi connectivity index (χ0n) is 16.9. The molecule has 0 aliphatic heterocycles. The summed E-state index contributed by atoms with van der Waals surface area (Å²) in [5.74, 6) is -0.219. The number of nitrogens with zero attached hydrogens (tertiary/aromatic N) is 2. The lowest BCUT2D eigenvalue weighted by Crippen LogP contribution is -2.30. The molecule has 0 aliphatic rings. The molecule has 0 unspecified atom stereocenters. The molecule has 29 heavy (non-hydrogen) atoms. The van der Waals surface area contributed by atoms with Gasteiger partial charge in [0, 0.05) is 28.2 Å². The Morgan fingerprint density at radius 2 is 1.90 bits per heavy atom. The zero-order chi connectivity index (χ0) is 20.9. The monoisotopic (exact) mass is 404 g/mol. The topological polar surface area (TPSA) is 63.0 Å². The Balaban J connectivity index is 2.00. The Morgan fingerprint density at radius 3 is 2.62 bits per heavy atom. The SMILES string of the molecule is CCCCOC(=O)C(C)(C)Sc1ccncc1-c1ccc(C#N)c2ccccc12. The summed E-state index contributed by atoms with van der Waals surface area (Å²) < 4.78 is 4.72. The third-order valence-electron chi connectivity index (χ3n) is 4.70. The number of pyridine rings is 1. The van der Waals surface area contributed by atoms with E-state index in [0.29, 0.717) is 12.2 Å². The molecule has 1 heterocycles. The molecule has 4 nitrogen and oxygen atoms in total. The number of hydrogen-bond acceptors (Lipinski definition) is 5. The first kappa shape index (κ1) is 20.9. The maximum atomic E-state index is 12.6. The second-order valence-corrected chi connectivity index (χ2v) is 8.96. The first-order chi connectivity index (χ1) is 14.0. The predicted octanol–water partition coefficient (Wildman–Crippen LogP) is 5.99. The predicted molar refractivity (Wildman–Crippen MR) is 118 cm³/mol. The molecule has 5 heteroatoms. The van der Waals surface area contributed by atoms with E-state index < -0.39 is 4.75 Å². The van der Waals surface area contributed by atoms with Crippen LogP contribution in [0.2, 0.25) is 0 Å². The minimum Gasteiger partial charge on any atom is -0.465 e. The Labute approximate surface area is 175 Å². The van der Waals surface area contributed by atoms with E-state index in [0.717, 1.165) is 39.6 Å². The van der Waals surface area contributed by atoms with Crippen molar-refractivity contribution >= 4 is 28.5 Å². The average Bonchev–Trinajstić information content (AvgIpc) is 2.73. The van der Waals surface area contributed by atoms with Crippen LogP contribution in [0.1, 0.15) is 39.2 Å². The summed E-state index contributed by atoms with van der Waals surface area (Å²) in [4.78, 5) is 17.9. The number of fused-ring (bicyclic) bond motifs is 1. The van der Waals surface area contributed by atoms with Gasteiger partial charge in [0.15, 0.2) is 0 Å². The molecule has 0 spiro atoms. The second-order valence-electron chi connectivity index (χ2n) is 7.29. The lowest BCUT2D eigenvalue weighted by molar-refractivity contribution is -0.145. The molecule has 148 valence electrons. The van der Waals surface area contributed by atoms with E-state index in [1.807, 2.05) is 62.5 Å². The van der Waals surface area contributed by atoms with Crippen LogP contribution in [0.4, 0.5) is 0 Å². The van der Waals surface area contributed by atoms with Gasteiger partial charge in [-0.2, -0.15) is 5.26 Å². The molecule has 0 N–H and O–H groups in total. The molecule has 0 amide bonds. The molecule has 3 aromatic rings. The highest BCUT2D eigenvalue weighted by molar-refractivity contribution is 8.01. The molecular weight excluding hydrogens is 380 g/mol. The number of carbonyl (C=O) groups excluding carboxylic acids is 1. The van der Waals surface area contributed by atoms with Gasteiger partial charge >= 0.3 is 5.97 Å². The molecular formula is C24H24N2O2S. The minimum atomic E-state index is -0.730. The minimum absolute atomic E-state index is 0.219. The number of rotatable bonds is 7. The largest absolute Gasteiger partial charge is 0.465 e. The number of nitriles is 1. The fourth-order valence-corrected chi connectivity index (χ4v) is 4.20. The van der Waals surface area contributed by atoms with E-state index >= 15 is 0 Å². The molecule has 0 saturated heterocycles. The van der Waals surface area contributed by atoms with E-state index in [9.17, 15) is 10.1 Å². The van der Waals surface area contributed by atoms with Crippen LogP contribution in [0.5, 0.6) is 0 Å². The summed E-state index contributed by atoms with van der Waals surface area (Å²) in [5, 5.41) is 11.3. The van der Waals surface area contributed by atoms with Crippen LogP contribution in [0.3, 0.4) is 0 Å². The summed E-state index contributed by atoms with van der Waals surface area (Å²) in [6.07, 6.45) is 5.40. The third kappa shape index (κ3) is 4.60. The van der Waals surface area contributed by atoms with Gasteiger partial charge < -0.3 is 4.74 Å². The molecule has 0 atom stereocenters. The van der Waals surface area contributed by atoms with Crippen molar-refractivity contribution in [1.29, 1.82) is 5.26 Å². The standard InChI is InChI=1S/C24H24N2O2S/c1-4-5-14-28-23(27)24(2,3)29-22-12-13-26-16-21(22)20-11-10-17(15-25)18-8-6-7-9-19(18)20/h6-13,16H,4-5,14H2,1-3H3. The number of hydrogen-bond donors (Lipinski definition) is 0. The Hall–Kier alpha value is -2.84. The molecule has 2 aromatic carbocycles. The van der Waals surface area contributed by atoms with Crippen molar-refractivity contribution in [2.75, 3.05) is 6.61 Å². The molecule has 0 saturated carbocycles. The van der Waals surface area contributed by atoms with Gasteiger partial charge in [-0.25, -0.2) is 0 Å². The van der Waals surface area contributed by atoms with Crippen molar-refractivity contribution in [3.8, 4) is 17.2 Å². The molecule has 1 aromatic heterocycles. The van der Waals surface area contributed by atoms with Crippen molar-refractivity contribution in [2.24, 2.45) is 0 Å². The van der Waals surface area contributed by atoms with Crippen LogP contribution in [-0.4, -0.2) is 22.3 Å². The fourth-order valence-electron chi connectivity index (χ4n) is 3.10. The van der Waals surface area contributed by atoms with Gasteiger partial charge in [-0.15, -0.1) is 11.8 Å². The molecule has 3 rings (SSSR count). The van der Waals surface area contributed by atoms with Crippen LogP contribution >= 0.6 is 11.8 Å². The molecule has 0 bridgehead atoms. The number of benzene rings is 2. The number of aromatic nitrogens is 1. The zero-order valence-corrected chi connectivity index (χ0v) is 17.8. The summed E-state index contributed by atoms with van der Waals surface area (Å²) in [6, 6.07) is 15.8. The number of esters is 1. The van der Waals surface area contributed by atoms with Crippen molar-refractivity contribution in [2.45, 2.75) is 43.3 Å². The van der Waals surface area contributed by atoms with Crippen molar-refractivity contribution in [3.05, 3.63) is 60.4 Å². The van der Waals surface area contributed by atoms with Gasteiger partial charge in [-0.05, 0) is 43.4 Å². The van der Waals surface area contributed by atoms with E-state index in [4.69, 9.17) is 4.74 Å². The number of ether oxygens (including phenoxy) is 1. The summed E-state index contributed by atoms with van der Waals surface area (Å²) >= 11 is 1.47. The van der Waals surface area contributed by atoms with E-state index in [2.05, 4.69) is 18.0 Å². The Morgan fingerprint density at radius 1 is 1.14 bits per heavy atom. The van der Waals surface area contributed by atoms with Gasteiger partial charge in [-0.1, -0.05) is 43.7 Å². The van der Waals surface area contributed by atoms with Crippen molar-refractivity contribution in [3.63, 3.8) is 0 Å². The third-order valence-corrected chi connectivity index (χ3v) is 5.96. The Kier molecular flexibility index (Phi) is 6.56. The first-order valence-electron chi connectivity index (χ1n) is 9.70. The lowest BCUT2D eigenvalue weighted by atomic mass is 9.96. The molecule has 0 radical (unpaired) electrons. The van der Waals surface area contributed by atoms with Crippen LogP contribution in [0.25, 0.3) is 21.9 Å². The number of thioether (sulfide) groups is 1. The van der Waals surface area contributed by atoms with Crippen LogP contribution < -0.4 is 0 Å². The quantitative estimate of drug-likeness (QED) is 0.275. The maximum absolute atomic E-state index is 12.6. The lowest BCUT2D eigenvalue weighted by Gasteiger charge is -2.23. The van der Waals surface area contributed by atoms with E-state index in [1.54, 1.807) is 6.20 Å². The van der Waals surface area contributed by atoms with Crippen LogP contribution in [0.15, 0.2) is 59.8 Å². The fraction of sp³-hybridized carbons (Fsp3) is 0.292. The first-order valence-corrected chi connectivity index (χ1v) is 10.5. The average molecular weight is 405 g/mol. The van der Waals surface area contributed by atoms with Crippen LogP contribution in [-0.2, 0) is 9.53 Å². The normalized spacial score (nSPS) is 11.2. The van der Waals surface area contributed by atoms with Gasteiger partial charge in [0.2, 0.25) is 0 Å². The van der Waals surface area contributed by atoms with E-state index in [1.165, 1.54) is 11.8 Å². The smallest absolute Gasteiger partial charge is 0.321 e. The van der Waals surface area contributed by atoms with E-state index in [-0.39, 0.29) is 5.97 Å². The highest BCUT2D eigenvalue weighted by Crippen LogP contribution is 2.41. The Bertz CT molecular complexity index is 1070. The van der Waals surface area contributed by atoms with Gasteiger partial charge in [-0.3, -0.25) is 9.78 Å². The second kappa shape index (κ2) is 9.11. The van der Waals surface area contributed by atoms with Gasteiger partial charge in [0.1, 0.15) is 4.75 Å². The summed E-state index contributed by atoms with van der Waals surface area (Å²) in [5.41, 5.74) is 2.57. The summed E-state index contributed by atoms with van der Waals surface area (Å²) in [7, 11) is 0. The van der Waals surface area contributed by atoms with Crippen molar-refractivity contribution in [1.82, 2.24) is 4.98 Å². The van der Waals surface area contributed by atoms with Crippen LogP contribution in [0, 0.1) is 11.3 Å². The van der Waals surface area contributed by atoms with Crippen molar-refractivity contribution < 1.29 is 9.53 Å². The summed E-state index contributed by atoms with van der Waals surface area (Å²) in [6.45, 7) is 6.28. The van der Waals surface area contributed by atoms with Gasteiger partial charge in [0.25, 0.3) is 0 Å². The number of carbonyl (C=O) groups is 1. The molecule has 0 fully saturated rings. The van der Waals surface area contributed by atoms with Gasteiger partial charge in [0.05, 0.1) is 18.2 Å². The maximum Gasteiger partial charge on any atom is 0.321 e. The highest BCUT2D eigenvalue weighted by atomic mass is 32.2. The highest BCUT2D eigenvalue weighted by Gasteiger charge is 2.31. The molecule has 0 aliphatic carbocycles.